The lowest BCUT2D eigenvalue weighted by Gasteiger charge is -2.26. The van der Waals surface area contributed by atoms with Gasteiger partial charge in [0.1, 0.15) is 6.61 Å². The molecule has 174 valence electrons. The summed E-state index contributed by atoms with van der Waals surface area (Å²) in [7, 11) is -3.73. The van der Waals surface area contributed by atoms with E-state index in [-0.39, 0.29) is 30.2 Å². The molecule has 0 N–H and O–H groups in total. The molecule has 1 saturated heterocycles. The van der Waals surface area contributed by atoms with E-state index < -0.39 is 16.0 Å². The molecule has 1 fully saturated rings. The van der Waals surface area contributed by atoms with Gasteiger partial charge >= 0.3 is 5.97 Å². The fourth-order valence-corrected chi connectivity index (χ4v) is 5.43. The molecule has 4 rings (SSSR count). The number of hydrogen-bond donors (Lipinski definition) is 0. The number of aryl methyl sites for hydroxylation is 1. The molecule has 8 heteroatoms. The van der Waals surface area contributed by atoms with Crippen molar-refractivity contribution >= 4 is 16.0 Å². The molecular formula is C26H24N2O5S. The third-order valence-electron chi connectivity index (χ3n) is 5.69. The molecule has 1 heterocycles. The molecule has 0 aromatic heterocycles. The van der Waals surface area contributed by atoms with Crippen LogP contribution in [0, 0.1) is 18.3 Å². The van der Waals surface area contributed by atoms with E-state index in [9.17, 15) is 18.5 Å². The minimum atomic E-state index is -3.73. The van der Waals surface area contributed by atoms with E-state index in [0.717, 1.165) is 16.7 Å². The topological polar surface area (TPSA) is 96.7 Å². The molecule has 3 aromatic rings. The lowest BCUT2D eigenvalue weighted by molar-refractivity contribution is 0.0472. The SMILES string of the molecule is Cc1ccc(C(=O)OCc2ccc(-c3ccccc3C#N)cc2)cc1S(=O)(=O)N1CCOCC1. The minimum absolute atomic E-state index is 0.0401. The van der Waals surface area contributed by atoms with Crippen molar-refractivity contribution in [3.8, 4) is 17.2 Å². The second-order valence-corrected chi connectivity index (χ2v) is 9.83. The molecule has 0 unspecified atom stereocenters. The molecule has 3 aromatic carbocycles. The zero-order valence-electron chi connectivity index (χ0n) is 18.7. The lowest BCUT2D eigenvalue weighted by atomic mass is 9.99. The highest BCUT2D eigenvalue weighted by molar-refractivity contribution is 7.89. The quantitative estimate of drug-likeness (QED) is 0.501. The van der Waals surface area contributed by atoms with Crippen molar-refractivity contribution in [1.82, 2.24) is 4.31 Å². The van der Waals surface area contributed by atoms with Crippen LogP contribution in [0.15, 0.2) is 71.6 Å². The van der Waals surface area contributed by atoms with Gasteiger partial charge in [-0.05, 0) is 47.4 Å². The van der Waals surface area contributed by atoms with E-state index in [4.69, 9.17) is 9.47 Å². The molecule has 34 heavy (non-hydrogen) atoms. The van der Waals surface area contributed by atoms with Crippen LogP contribution >= 0.6 is 0 Å². The normalized spacial score (nSPS) is 14.4. The van der Waals surface area contributed by atoms with Crippen molar-refractivity contribution in [1.29, 1.82) is 5.26 Å². The number of hydrogen-bond acceptors (Lipinski definition) is 6. The number of ether oxygens (including phenoxy) is 2. The van der Waals surface area contributed by atoms with Gasteiger partial charge in [0.15, 0.2) is 0 Å². The number of nitriles is 1. The standard InChI is InChI=1S/C26H24N2O5S/c1-19-6-9-22(16-25(19)34(30,31)28-12-14-32-15-13-28)26(29)33-18-20-7-10-21(11-8-20)24-5-3-2-4-23(24)17-27/h2-11,16H,12-15,18H2,1H3. The maximum absolute atomic E-state index is 13.1. The summed E-state index contributed by atoms with van der Waals surface area (Å²) in [5.41, 5.74) is 3.84. The van der Waals surface area contributed by atoms with E-state index >= 15 is 0 Å². The van der Waals surface area contributed by atoms with Crippen LogP contribution < -0.4 is 0 Å². The summed E-state index contributed by atoms with van der Waals surface area (Å²) in [4.78, 5) is 12.8. The smallest absolute Gasteiger partial charge is 0.338 e. The molecule has 0 amide bonds. The highest BCUT2D eigenvalue weighted by Crippen LogP contribution is 2.25. The molecule has 0 spiro atoms. The number of nitrogens with zero attached hydrogens (tertiary/aromatic N) is 2. The summed E-state index contributed by atoms with van der Waals surface area (Å²) in [5, 5.41) is 9.30. The second kappa shape index (κ2) is 10.2. The zero-order valence-corrected chi connectivity index (χ0v) is 19.5. The summed E-state index contributed by atoms with van der Waals surface area (Å²) < 4.78 is 38.2. The first-order valence-electron chi connectivity index (χ1n) is 10.8. The van der Waals surface area contributed by atoms with Gasteiger partial charge in [-0.3, -0.25) is 0 Å². The number of rotatable bonds is 6. The van der Waals surface area contributed by atoms with E-state index in [1.807, 2.05) is 42.5 Å². The van der Waals surface area contributed by atoms with Crippen LogP contribution in [-0.2, 0) is 26.1 Å². The van der Waals surface area contributed by atoms with E-state index in [0.29, 0.717) is 24.3 Å². The summed E-state index contributed by atoms with van der Waals surface area (Å²) in [6, 6.07) is 21.5. The first kappa shape index (κ1) is 23.6. The van der Waals surface area contributed by atoms with Crippen LogP contribution in [0.2, 0.25) is 0 Å². The van der Waals surface area contributed by atoms with Crippen molar-refractivity contribution in [2.45, 2.75) is 18.4 Å². The Labute approximate surface area is 199 Å². The van der Waals surface area contributed by atoms with Crippen LogP contribution in [0.5, 0.6) is 0 Å². The maximum Gasteiger partial charge on any atom is 0.338 e. The van der Waals surface area contributed by atoms with Crippen molar-refractivity contribution in [2.24, 2.45) is 0 Å². The number of benzene rings is 3. The van der Waals surface area contributed by atoms with Gasteiger partial charge < -0.3 is 9.47 Å². The van der Waals surface area contributed by atoms with Crippen LogP contribution in [0.3, 0.4) is 0 Å². The Balaban J connectivity index is 1.46. The molecular weight excluding hydrogens is 452 g/mol. The molecule has 1 aliphatic rings. The van der Waals surface area contributed by atoms with Gasteiger partial charge in [0.2, 0.25) is 10.0 Å². The first-order valence-corrected chi connectivity index (χ1v) is 12.3. The highest BCUT2D eigenvalue weighted by Gasteiger charge is 2.28. The average Bonchev–Trinajstić information content (AvgIpc) is 2.88. The zero-order chi connectivity index (χ0) is 24.1. The third-order valence-corrected chi connectivity index (χ3v) is 7.73. The van der Waals surface area contributed by atoms with E-state index in [2.05, 4.69) is 6.07 Å². The Bertz CT molecular complexity index is 1340. The van der Waals surface area contributed by atoms with Gasteiger partial charge in [0.05, 0.1) is 35.3 Å². The summed E-state index contributed by atoms with van der Waals surface area (Å²) in [5.74, 6) is -0.600. The fourth-order valence-electron chi connectivity index (χ4n) is 3.78. The molecule has 7 nitrogen and oxygen atoms in total. The Morgan fingerprint density at radius 3 is 2.47 bits per heavy atom. The minimum Gasteiger partial charge on any atom is -0.457 e. The van der Waals surface area contributed by atoms with Gasteiger partial charge in [-0.1, -0.05) is 48.5 Å². The molecule has 0 radical (unpaired) electrons. The first-order chi connectivity index (χ1) is 16.4. The van der Waals surface area contributed by atoms with Gasteiger partial charge in [0, 0.05) is 13.1 Å². The summed E-state index contributed by atoms with van der Waals surface area (Å²) >= 11 is 0. The predicted octanol–water partition coefficient (Wildman–Crippen LogP) is 3.91. The van der Waals surface area contributed by atoms with Crippen molar-refractivity contribution < 1.29 is 22.7 Å². The van der Waals surface area contributed by atoms with Crippen molar-refractivity contribution in [3.63, 3.8) is 0 Å². The lowest BCUT2D eigenvalue weighted by Crippen LogP contribution is -2.40. The van der Waals surface area contributed by atoms with E-state index in [1.54, 1.807) is 25.1 Å². The van der Waals surface area contributed by atoms with Crippen molar-refractivity contribution in [3.05, 3.63) is 89.0 Å². The van der Waals surface area contributed by atoms with Gasteiger partial charge in [-0.15, -0.1) is 0 Å². The predicted molar refractivity (Wildman–Crippen MR) is 126 cm³/mol. The van der Waals surface area contributed by atoms with Crippen molar-refractivity contribution in [2.75, 3.05) is 26.3 Å². The molecule has 1 aliphatic heterocycles. The largest absolute Gasteiger partial charge is 0.457 e. The van der Waals surface area contributed by atoms with Gasteiger partial charge in [-0.2, -0.15) is 9.57 Å². The van der Waals surface area contributed by atoms with Gasteiger partial charge in [0.25, 0.3) is 0 Å². The van der Waals surface area contributed by atoms with Crippen LogP contribution in [0.1, 0.15) is 27.0 Å². The number of esters is 1. The van der Waals surface area contributed by atoms with Gasteiger partial charge in [-0.25, -0.2) is 13.2 Å². The number of sulfonamides is 1. The number of carbonyl (C=O) groups is 1. The maximum atomic E-state index is 13.1. The van der Waals surface area contributed by atoms with E-state index in [1.165, 1.54) is 10.4 Å². The fraction of sp³-hybridized carbons (Fsp3) is 0.231. The van der Waals surface area contributed by atoms with Crippen LogP contribution in [-0.4, -0.2) is 45.0 Å². The summed E-state index contributed by atoms with van der Waals surface area (Å²) in [6.07, 6.45) is 0. The number of morpholine rings is 1. The molecule has 0 saturated carbocycles. The highest BCUT2D eigenvalue weighted by atomic mass is 32.2. The monoisotopic (exact) mass is 476 g/mol. The van der Waals surface area contributed by atoms with Crippen LogP contribution in [0.4, 0.5) is 0 Å². The Morgan fingerprint density at radius 2 is 1.76 bits per heavy atom. The van der Waals surface area contributed by atoms with Crippen LogP contribution in [0.25, 0.3) is 11.1 Å². The third kappa shape index (κ3) is 5.02. The molecule has 0 bridgehead atoms. The molecule has 0 atom stereocenters. The molecule has 0 aliphatic carbocycles. The summed E-state index contributed by atoms with van der Waals surface area (Å²) in [6.45, 7) is 3.01. The number of carbonyl (C=O) groups excluding carboxylic acids is 1. The Hall–Kier alpha value is -3.51. The Morgan fingerprint density at radius 1 is 1.06 bits per heavy atom. The second-order valence-electron chi connectivity index (χ2n) is 7.93. The Kier molecular flexibility index (Phi) is 7.08. The average molecular weight is 477 g/mol.